The van der Waals surface area contributed by atoms with Gasteiger partial charge in [-0.25, -0.2) is 0 Å². The maximum Gasteiger partial charge on any atom is 0.471 e. The Bertz CT molecular complexity index is 995. The average Bonchev–Trinajstić information content (AvgIpc) is 3.25. The molecule has 3 aromatic rings. The second-order valence-corrected chi connectivity index (χ2v) is 6.68. The number of halogens is 4. The van der Waals surface area contributed by atoms with Gasteiger partial charge in [0.25, 0.3) is 5.91 Å². The summed E-state index contributed by atoms with van der Waals surface area (Å²) in [7, 11) is 1.69. The summed E-state index contributed by atoms with van der Waals surface area (Å²) in [5.74, 6) is -1.85. The van der Waals surface area contributed by atoms with Crippen molar-refractivity contribution in [2.45, 2.75) is 26.1 Å². The number of amides is 1. The molecule has 0 saturated heterocycles. The molecule has 7 nitrogen and oxygen atoms in total. The number of carbonyl (C=O) groups is 1. The summed E-state index contributed by atoms with van der Waals surface area (Å²) in [4.78, 5) is 15.8. The molecule has 0 bridgehead atoms. The number of hydrogen-bond acceptors (Lipinski definition) is 5. The number of aryl methyl sites for hydroxylation is 2. The SMILES string of the molecule is CCc1nn(C)c(C(=O)NCc2ccc(-c3noc(C(F)(F)F)n3)cc2)c1Br. The van der Waals surface area contributed by atoms with E-state index in [9.17, 15) is 18.0 Å². The van der Waals surface area contributed by atoms with E-state index in [1.807, 2.05) is 6.92 Å². The van der Waals surface area contributed by atoms with Crippen molar-refractivity contribution < 1.29 is 22.5 Å². The highest BCUT2D eigenvalue weighted by molar-refractivity contribution is 9.10. The lowest BCUT2D eigenvalue weighted by atomic mass is 10.1. The highest BCUT2D eigenvalue weighted by atomic mass is 79.9. The predicted octanol–water partition coefficient (Wildman–Crippen LogP) is 3.74. The summed E-state index contributed by atoms with van der Waals surface area (Å²) in [6, 6.07) is 6.44. The zero-order chi connectivity index (χ0) is 20.5. The van der Waals surface area contributed by atoms with Crippen LogP contribution < -0.4 is 5.32 Å². The molecule has 0 unspecified atom stereocenters. The van der Waals surface area contributed by atoms with E-state index in [0.29, 0.717) is 22.2 Å². The van der Waals surface area contributed by atoms with Crippen LogP contribution in [-0.2, 0) is 26.2 Å². The van der Waals surface area contributed by atoms with Crippen molar-refractivity contribution in [2.75, 3.05) is 0 Å². The van der Waals surface area contributed by atoms with Crippen molar-refractivity contribution in [3.63, 3.8) is 0 Å². The molecule has 1 aromatic carbocycles. The van der Waals surface area contributed by atoms with Gasteiger partial charge in [0.05, 0.1) is 10.2 Å². The van der Waals surface area contributed by atoms with Gasteiger partial charge in [0.2, 0.25) is 5.82 Å². The standard InChI is InChI=1S/C17H15BrF3N5O2/c1-3-11-12(18)13(26(2)24-11)15(27)22-8-9-4-6-10(7-5-9)14-23-16(28-25-14)17(19,20)21/h4-7H,3,8H2,1-2H3,(H,22,27). The first-order chi connectivity index (χ1) is 13.2. The molecule has 0 aliphatic carbocycles. The lowest BCUT2D eigenvalue weighted by Crippen LogP contribution is -2.25. The van der Waals surface area contributed by atoms with Crippen molar-refractivity contribution in [1.29, 1.82) is 0 Å². The number of nitrogens with one attached hydrogen (secondary N) is 1. The third-order valence-corrected chi connectivity index (χ3v) is 4.77. The summed E-state index contributed by atoms with van der Waals surface area (Å²) in [6.07, 6.45) is -4.00. The maximum absolute atomic E-state index is 12.5. The van der Waals surface area contributed by atoms with Crippen molar-refractivity contribution >= 4 is 21.8 Å². The van der Waals surface area contributed by atoms with E-state index in [4.69, 9.17) is 0 Å². The molecule has 1 N–H and O–H groups in total. The van der Waals surface area contributed by atoms with Crippen LogP contribution in [0.2, 0.25) is 0 Å². The molecule has 1 amide bonds. The Balaban J connectivity index is 1.67. The molecular formula is C17H15BrF3N5O2. The van der Waals surface area contributed by atoms with E-state index >= 15 is 0 Å². The Morgan fingerprint density at radius 3 is 2.50 bits per heavy atom. The van der Waals surface area contributed by atoms with Crippen molar-refractivity contribution in [2.24, 2.45) is 7.05 Å². The Labute approximate surface area is 166 Å². The summed E-state index contributed by atoms with van der Waals surface area (Å²) in [5.41, 5.74) is 2.33. The third-order valence-electron chi connectivity index (χ3n) is 3.94. The zero-order valence-corrected chi connectivity index (χ0v) is 16.4. The van der Waals surface area contributed by atoms with Crippen molar-refractivity contribution in [3.8, 4) is 11.4 Å². The van der Waals surface area contributed by atoms with E-state index in [0.717, 1.165) is 11.3 Å². The van der Waals surface area contributed by atoms with Crippen LogP contribution in [0.1, 0.15) is 34.6 Å². The molecule has 0 saturated carbocycles. The van der Waals surface area contributed by atoms with Crippen LogP contribution in [0.25, 0.3) is 11.4 Å². The molecule has 11 heteroatoms. The van der Waals surface area contributed by atoms with Gasteiger partial charge in [-0.1, -0.05) is 36.3 Å². The first-order valence-corrected chi connectivity index (χ1v) is 8.99. The quantitative estimate of drug-likeness (QED) is 0.630. The largest absolute Gasteiger partial charge is 0.471 e. The minimum atomic E-state index is -4.69. The van der Waals surface area contributed by atoms with Gasteiger partial charge in [-0.05, 0) is 27.9 Å². The van der Waals surface area contributed by atoms with E-state index in [-0.39, 0.29) is 18.3 Å². The molecular weight excluding hydrogens is 443 g/mol. The Morgan fingerprint density at radius 1 is 1.29 bits per heavy atom. The van der Waals surface area contributed by atoms with E-state index in [1.54, 1.807) is 31.3 Å². The highest BCUT2D eigenvalue weighted by Crippen LogP contribution is 2.29. The summed E-state index contributed by atoms with van der Waals surface area (Å²) >= 11 is 3.39. The fraction of sp³-hybridized carbons (Fsp3) is 0.294. The normalized spacial score (nSPS) is 11.6. The first kappa shape index (κ1) is 20.1. The lowest BCUT2D eigenvalue weighted by molar-refractivity contribution is -0.159. The van der Waals surface area contributed by atoms with Crippen LogP contribution in [0.5, 0.6) is 0 Å². The number of hydrogen-bond donors (Lipinski definition) is 1. The number of aromatic nitrogens is 4. The molecule has 148 valence electrons. The second-order valence-electron chi connectivity index (χ2n) is 5.89. The molecule has 2 aromatic heterocycles. The van der Waals surface area contributed by atoms with Crippen LogP contribution >= 0.6 is 15.9 Å². The van der Waals surface area contributed by atoms with Gasteiger partial charge in [0, 0.05) is 19.2 Å². The summed E-state index contributed by atoms with van der Waals surface area (Å²) < 4.78 is 44.0. The number of carbonyl (C=O) groups excluding carboxylic acids is 1. The average molecular weight is 458 g/mol. The number of benzene rings is 1. The lowest BCUT2D eigenvalue weighted by Gasteiger charge is -2.07. The summed E-state index contributed by atoms with van der Waals surface area (Å²) in [6.45, 7) is 2.18. The van der Waals surface area contributed by atoms with Crippen LogP contribution in [0.4, 0.5) is 13.2 Å². The van der Waals surface area contributed by atoms with E-state index < -0.39 is 12.1 Å². The van der Waals surface area contributed by atoms with Gasteiger partial charge in [0.15, 0.2) is 0 Å². The molecule has 0 aliphatic rings. The van der Waals surface area contributed by atoms with Crippen LogP contribution in [0.15, 0.2) is 33.3 Å². The number of alkyl halides is 3. The smallest absolute Gasteiger partial charge is 0.347 e. The molecule has 28 heavy (non-hydrogen) atoms. The minimum Gasteiger partial charge on any atom is -0.347 e. The van der Waals surface area contributed by atoms with Crippen molar-refractivity contribution in [3.05, 3.63) is 51.6 Å². The van der Waals surface area contributed by atoms with Gasteiger partial charge in [-0.3, -0.25) is 9.48 Å². The van der Waals surface area contributed by atoms with Gasteiger partial charge in [-0.2, -0.15) is 23.3 Å². The zero-order valence-electron chi connectivity index (χ0n) is 14.8. The monoisotopic (exact) mass is 457 g/mol. The first-order valence-electron chi connectivity index (χ1n) is 8.20. The van der Waals surface area contributed by atoms with Gasteiger partial charge in [0.1, 0.15) is 5.69 Å². The molecule has 0 atom stereocenters. The molecule has 0 aliphatic heterocycles. The minimum absolute atomic E-state index is 0.158. The fourth-order valence-corrected chi connectivity index (χ4v) is 3.32. The molecule has 0 spiro atoms. The van der Waals surface area contributed by atoms with Crippen LogP contribution in [0, 0.1) is 0 Å². The highest BCUT2D eigenvalue weighted by Gasteiger charge is 2.38. The van der Waals surface area contributed by atoms with Gasteiger partial charge < -0.3 is 9.84 Å². The topological polar surface area (TPSA) is 85.8 Å². The Hall–Kier alpha value is -2.69. The van der Waals surface area contributed by atoms with E-state index in [2.05, 4.69) is 41.0 Å². The number of nitrogens with zero attached hydrogens (tertiary/aromatic N) is 4. The Morgan fingerprint density at radius 2 is 1.96 bits per heavy atom. The summed E-state index contributed by atoms with van der Waals surface area (Å²) in [5, 5.41) is 10.4. The molecule has 2 heterocycles. The van der Waals surface area contributed by atoms with Crippen molar-refractivity contribution in [1.82, 2.24) is 25.2 Å². The number of rotatable bonds is 5. The molecule has 0 radical (unpaired) electrons. The van der Waals surface area contributed by atoms with E-state index in [1.165, 1.54) is 4.68 Å². The van der Waals surface area contributed by atoms with Gasteiger partial charge in [-0.15, -0.1) is 0 Å². The maximum atomic E-state index is 12.5. The predicted molar refractivity (Wildman–Crippen MR) is 96.2 cm³/mol. The fourth-order valence-electron chi connectivity index (χ4n) is 2.52. The van der Waals surface area contributed by atoms with Crippen LogP contribution in [-0.4, -0.2) is 25.8 Å². The van der Waals surface area contributed by atoms with Gasteiger partial charge >= 0.3 is 12.1 Å². The molecule has 0 fully saturated rings. The Kier molecular flexibility index (Phi) is 5.54. The third kappa shape index (κ3) is 4.08. The van der Waals surface area contributed by atoms with Crippen LogP contribution in [0.3, 0.4) is 0 Å². The second kappa shape index (κ2) is 7.74. The molecule has 3 rings (SSSR count).